The topological polar surface area (TPSA) is 38.3 Å². The molecule has 0 aromatic heterocycles. The molecule has 1 fully saturated rings. The molecule has 1 aliphatic heterocycles. The standard InChI is InChI=1S/C13H17NO2/c1-2-16-12-5-3-11(4-6-12)13(15)7-10-8-14-9-10/h3-6,10,14H,2,7-9H2,1H3. The monoisotopic (exact) mass is 219 g/mol. The minimum Gasteiger partial charge on any atom is -0.494 e. The Kier molecular flexibility index (Phi) is 3.57. The van der Waals surface area contributed by atoms with Gasteiger partial charge in [0.2, 0.25) is 0 Å². The molecule has 1 aliphatic rings. The smallest absolute Gasteiger partial charge is 0.163 e. The second-order valence-corrected chi connectivity index (χ2v) is 4.11. The second-order valence-electron chi connectivity index (χ2n) is 4.11. The number of hydrogen-bond donors (Lipinski definition) is 1. The summed E-state index contributed by atoms with van der Waals surface area (Å²) >= 11 is 0. The molecule has 1 aromatic carbocycles. The summed E-state index contributed by atoms with van der Waals surface area (Å²) in [5.41, 5.74) is 0.787. The Bertz CT molecular complexity index is 355. The summed E-state index contributed by atoms with van der Waals surface area (Å²) in [5, 5.41) is 3.17. The Labute approximate surface area is 95.8 Å². The van der Waals surface area contributed by atoms with Gasteiger partial charge in [0.1, 0.15) is 5.75 Å². The Morgan fingerprint density at radius 3 is 2.56 bits per heavy atom. The maximum atomic E-state index is 11.8. The lowest BCUT2D eigenvalue weighted by molar-refractivity contribution is 0.0945. The minimum atomic E-state index is 0.231. The summed E-state index contributed by atoms with van der Waals surface area (Å²) in [6, 6.07) is 7.41. The lowest BCUT2D eigenvalue weighted by Gasteiger charge is -2.26. The van der Waals surface area contributed by atoms with Gasteiger partial charge in [-0.3, -0.25) is 4.79 Å². The molecule has 16 heavy (non-hydrogen) atoms. The van der Waals surface area contributed by atoms with Crippen LogP contribution in [0.4, 0.5) is 0 Å². The molecule has 86 valence electrons. The van der Waals surface area contributed by atoms with Crippen LogP contribution < -0.4 is 10.1 Å². The van der Waals surface area contributed by atoms with Crippen molar-refractivity contribution in [2.24, 2.45) is 5.92 Å². The molecule has 3 heteroatoms. The van der Waals surface area contributed by atoms with E-state index in [-0.39, 0.29) is 5.78 Å². The van der Waals surface area contributed by atoms with Crippen LogP contribution in [0, 0.1) is 5.92 Å². The van der Waals surface area contributed by atoms with E-state index in [2.05, 4.69) is 5.32 Å². The Morgan fingerprint density at radius 2 is 2.06 bits per heavy atom. The molecule has 1 saturated heterocycles. The average Bonchev–Trinajstić information content (AvgIpc) is 2.25. The van der Waals surface area contributed by atoms with Crippen LogP contribution >= 0.6 is 0 Å². The van der Waals surface area contributed by atoms with Gasteiger partial charge in [-0.05, 0) is 50.2 Å². The van der Waals surface area contributed by atoms with Crippen LogP contribution in [0.5, 0.6) is 5.75 Å². The van der Waals surface area contributed by atoms with Crippen molar-refractivity contribution >= 4 is 5.78 Å². The SMILES string of the molecule is CCOc1ccc(C(=O)CC2CNC2)cc1. The van der Waals surface area contributed by atoms with Crippen LogP contribution in [0.2, 0.25) is 0 Å². The normalized spacial score (nSPS) is 15.6. The van der Waals surface area contributed by atoms with E-state index >= 15 is 0 Å². The second kappa shape index (κ2) is 5.12. The van der Waals surface area contributed by atoms with Crippen molar-refractivity contribution in [2.75, 3.05) is 19.7 Å². The molecule has 1 aromatic rings. The Balaban J connectivity index is 1.94. The summed E-state index contributed by atoms with van der Waals surface area (Å²) in [4.78, 5) is 11.8. The summed E-state index contributed by atoms with van der Waals surface area (Å²) in [6.45, 7) is 4.55. The number of ether oxygens (including phenoxy) is 1. The van der Waals surface area contributed by atoms with Gasteiger partial charge in [0, 0.05) is 12.0 Å². The van der Waals surface area contributed by atoms with Crippen molar-refractivity contribution in [2.45, 2.75) is 13.3 Å². The molecule has 0 atom stereocenters. The molecule has 2 rings (SSSR count). The minimum absolute atomic E-state index is 0.231. The van der Waals surface area contributed by atoms with E-state index in [1.54, 1.807) is 0 Å². The molecule has 0 aliphatic carbocycles. The number of rotatable bonds is 5. The highest BCUT2D eigenvalue weighted by atomic mass is 16.5. The number of Topliss-reactive ketones (excluding diaryl/α,β-unsaturated/α-hetero) is 1. The highest BCUT2D eigenvalue weighted by Gasteiger charge is 2.20. The van der Waals surface area contributed by atoms with Gasteiger partial charge in [0.25, 0.3) is 0 Å². The molecule has 0 unspecified atom stereocenters. The quantitative estimate of drug-likeness (QED) is 0.768. The third-order valence-corrected chi connectivity index (χ3v) is 2.83. The van der Waals surface area contributed by atoms with Crippen LogP contribution in [-0.4, -0.2) is 25.5 Å². The van der Waals surface area contributed by atoms with E-state index in [0.29, 0.717) is 18.9 Å². The molecule has 0 bridgehead atoms. The molecule has 3 nitrogen and oxygen atoms in total. The first kappa shape index (κ1) is 11.1. The third-order valence-electron chi connectivity index (χ3n) is 2.83. The first-order valence-corrected chi connectivity index (χ1v) is 5.76. The third kappa shape index (κ3) is 2.61. The highest BCUT2D eigenvalue weighted by Crippen LogP contribution is 2.16. The fraction of sp³-hybridized carbons (Fsp3) is 0.462. The molecular formula is C13H17NO2. The van der Waals surface area contributed by atoms with Crippen molar-refractivity contribution in [3.63, 3.8) is 0 Å². The first-order valence-electron chi connectivity index (χ1n) is 5.76. The number of ketones is 1. The van der Waals surface area contributed by atoms with E-state index < -0.39 is 0 Å². The Morgan fingerprint density at radius 1 is 1.38 bits per heavy atom. The fourth-order valence-corrected chi connectivity index (χ4v) is 1.78. The van der Waals surface area contributed by atoms with E-state index in [1.165, 1.54) is 0 Å². The van der Waals surface area contributed by atoms with Crippen LogP contribution in [0.15, 0.2) is 24.3 Å². The van der Waals surface area contributed by atoms with Gasteiger partial charge in [-0.1, -0.05) is 0 Å². The number of benzene rings is 1. The largest absolute Gasteiger partial charge is 0.494 e. The molecule has 1 N–H and O–H groups in total. The molecule has 0 radical (unpaired) electrons. The summed E-state index contributed by atoms with van der Waals surface area (Å²) in [5.74, 6) is 1.58. The zero-order valence-electron chi connectivity index (χ0n) is 9.53. The van der Waals surface area contributed by atoms with Gasteiger partial charge < -0.3 is 10.1 Å². The summed E-state index contributed by atoms with van der Waals surface area (Å²) in [6.07, 6.45) is 0.654. The predicted octanol–water partition coefficient (Wildman–Crippen LogP) is 1.88. The molecule has 1 heterocycles. The zero-order chi connectivity index (χ0) is 11.4. The van der Waals surface area contributed by atoms with Gasteiger partial charge in [-0.2, -0.15) is 0 Å². The van der Waals surface area contributed by atoms with Gasteiger partial charge in [-0.15, -0.1) is 0 Å². The van der Waals surface area contributed by atoms with Crippen molar-refractivity contribution in [3.8, 4) is 5.75 Å². The lowest BCUT2D eigenvalue weighted by Crippen LogP contribution is -2.42. The predicted molar refractivity (Wildman–Crippen MR) is 62.9 cm³/mol. The van der Waals surface area contributed by atoms with Gasteiger partial charge >= 0.3 is 0 Å². The number of nitrogens with one attached hydrogen (secondary N) is 1. The molecule has 0 spiro atoms. The number of carbonyl (C=O) groups is 1. The van der Waals surface area contributed by atoms with Crippen LogP contribution in [0.1, 0.15) is 23.7 Å². The zero-order valence-corrected chi connectivity index (χ0v) is 9.53. The fourth-order valence-electron chi connectivity index (χ4n) is 1.78. The van der Waals surface area contributed by atoms with Crippen molar-refractivity contribution in [1.29, 1.82) is 0 Å². The average molecular weight is 219 g/mol. The maximum Gasteiger partial charge on any atom is 0.163 e. The number of carbonyl (C=O) groups excluding carboxylic acids is 1. The van der Waals surface area contributed by atoms with Crippen molar-refractivity contribution in [3.05, 3.63) is 29.8 Å². The van der Waals surface area contributed by atoms with Gasteiger partial charge in [0.05, 0.1) is 6.61 Å². The van der Waals surface area contributed by atoms with Crippen LogP contribution in [0.3, 0.4) is 0 Å². The molecular weight excluding hydrogens is 202 g/mol. The summed E-state index contributed by atoms with van der Waals surface area (Å²) < 4.78 is 5.33. The maximum absolute atomic E-state index is 11.8. The first-order chi connectivity index (χ1) is 7.79. The van der Waals surface area contributed by atoms with E-state index in [4.69, 9.17) is 4.74 Å². The van der Waals surface area contributed by atoms with Crippen LogP contribution in [-0.2, 0) is 0 Å². The molecule has 0 amide bonds. The van der Waals surface area contributed by atoms with Crippen LogP contribution in [0.25, 0.3) is 0 Å². The van der Waals surface area contributed by atoms with E-state index in [0.717, 1.165) is 24.4 Å². The van der Waals surface area contributed by atoms with E-state index in [9.17, 15) is 4.79 Å². The van der Waals surface area contributed by atoms with E-state index in [1.807, 2.05) is 31.2 Å². The number of hydrogen-bond acceptors (Lipinski definition) is 3. The van der Waals surface area contributed by atoms with Gasteiger partial charge in [-0.25, -0.2) is 0 Å². The highest BCUT2D eigenvalue weighted by molar-refractivity contribution is 5.96. The lowest BCUT2D eigenvalue weighted by atomic mass is 9.94. The van der Waals surface area contributed by atoms with Crippen molar-refractivity contribution in [1.82, 2.24) is 5.32 Å². The Hall–Kier alpha value is -1.35. The van der Waals surface area contributed by atoms with Crippen molar-refractivity contribution < 1.29 is 9.53 Å². The molecule has 0 saturated carbocycles. The summed E-state index contributed by atoms with van der Waals surface area (Å²) in [7, 11) is 0. The van der Waals surface area contributed by atoms with Gasteiger partial charge in [0.15, 0.2) is 5.78 Å².